The van der Waals surface area contributed by atoms with Crippen LogP contribution in [0.15, 0.2) is 18.2 Å². The maximum absolute atomic E-state index is 12.6. The Morgan fingerprint density at radius 2 is 2.35 bits per heavy atom. The third-order valence-electron chi connectivity index (χ3n) is 4.05. The Kier molecular flexibility index (Phi) is 4.89. The van der Waals surface area contributed by atoms with E-state index in [1.54, 1.807) is 25.3 Å². The maximum Gasteiger partial charge on any atom is 0.231 e. The molecule has 1 heterocycles. The van der Waals surface area contributed by atoms with Gasteiger partial charge >= 0.3 is 0 Å². The van der Waals surface area contributed by atoms with Crippen molar-refractivity contribution >= 4 is 23.2 Å². The van der Waals surface area contributed by atoms with Crippen molar-refractivity contribution in [3.05, 3.63) is 23.2 Å². The lowest BCUT2D eigenvalue weighted by atomic mass is 9.77. The molecule has 0 aromatic heterocycles. The van der Waals surface area contributed by atoms with Crippen molar-refractivity contribution in [2.45, 2.75) is 26.2 Å². The van der Waals surface area contributed by atoms with Crippen LogP contribution in [0.4, 0.5) is 5.69 Å². The number of anilines is 1. The Labute approximate surface area is 124 Å². The van der Waals surface area contributed by atoms with Crippen LogP contribution >= 0.6 is 11.6 Å². The van der Waals surface area contributed by atoms with Gasteiger partial charge in [0.15, 0.2) is 0 Å². The molecule has 1 aromatic carbocycles. The van der Waals surface area contributed by atoms with Gasteiger partial charge in [0.25, 0.3) is 0 Å². The molecule has 2 N–H and O–H groups in total. The number of nitrogens with one attached hydrogen (secondary N) is 2. The third-order valence-corrected chi connectivity index (χ3v) is 4.38. The van der Waals surface area contributed by atoms with E-state index in [0.29, 0.717) is 16.5 Å². The number of carbonyl (C=O) groups excluding carboxylic acids is 1. The SMILES string of the molecule is CCC1(C(=O)Nc2cc(OC)ccc2Cl)CCCNC1. The summed E-state index contributed by atoms with van der Waals surface area (Å²) in [7, 11) is 1.59. The van der Waals surface area contributed by atoms with Crippen molar-refractivity contribution in [2.24, 2.45) is 5.41 Å². The van der Waals surface area contributed by atoms with Crippen LogP contribution in [0.3, 0.4) is 0 Å². The fraction of sp³-hybridized carbons (Fsp3) is 0.533. The highest BCUT2D eigenvalue weighted by Gasteiger charge is 2.38. The van der Waals surface area contributed by atoms with Gasteiger partial charge in [-0.05, 0) is 37.9 Å². The zero-order chi connectivity index (χ0) is 14.6. The van der Waals surface area contributed by atoms with Crippen LogP contribution in [0.1, 0.15) is 26.2 Å². The first-order valence-electron chi connectivity index (χ1n) is 6.97. The minimum Gasteiger partial charge on any atom is -0.497 e. The summed E-state index contributed by atoms with van der Waals surface area (Å²) in [6.45, 7) is 3.76. The maximum atomic E-state index is 12.6. The summed E-state index contributed by atoms with van der Waals surface area (Å²) in [6, 6.07) is 5.25. The van der Waals surface area contributed by atoms with Crippen molar-refractivity contribution in [1.82, 2.24) is 5.32 Å². The van der Waals surface area contributed by atoms with Gasteiger partial charge in [0.05, 0.1) is 23.2 Å². The van der Waals surface area contributed by atoms with Crippen molar-refractivity contribution < 1.29 is 9.53 Å². The van der Waals surface area contributed by atoms with Crippen LogP contribution in [0.5, 0.6) is 5.75 Å². The minimum atomic E-state index is -0.343. The molecule has 1 amide bonds. The van der Waals surface area contributed by atoms with Gasteiger partial charge in [0, 0.05) is 12.6 Å². The van der Waals surface area contributed by atoms with E-state index in [-0.39, 0.29) is 11.3 Å². The molecule has 0 aliphatic carbocycles. The van der Waals surface area contributed by atoms with Gasteiger partial charge in [0.2, 0.25) is 5.91 Å². The standard InChI is InChI=1S/C15H21ClN2O2/c1-3-15(7-4-8-17-10-15)14(19)18-13-9-11(20-2)5-6-12(13)16/h5-6,9,17H,3-4,7-8,10H2,1-2H3,(H,18,19). The van der Waals surface area contributed by atoms with E-state index in [1.165, 1.54) is 0 Å². The Morgan fingerprint density at radius 1 is 1.55 bits per heavy atom. The number of hydrogen-bond acceptors (Lipinski definition) is 3. The minimum absolute atomic E-state index is 0.0300. The van der Waals surface area contributed by atoms with Gasteiger partial charge in [-0.1, -0.05) is 18.5 Å². The number of ether oxygens (including phenoxy) is 1. The zero-order valence-corrected chi connectivity index (χ0v) is 12.7. The molecule has 1 aliphatic rings. The third kappa shape index (κ3) is 3.07. The van der Waals surface area contributed by atoms with E-state index in [4.69, 9.17) is 16.3 Å². The van der Waals surface area contributed by atoms with E-state index >= 15 is 0 Å². The Bertz CT molecular complexity index is 485. The second-order valence-corrected chi connectivity index (χ2v) is 5.62. The molecule has 110 valence electrons. The molecule has 20 heavy (non-hydrogen) atoms. The van der Waals surface area contributed by atoms with Gasteiger partial charge in [-0.2, -0.15) is 0 Å². The molecule has 1 unspecified atom stereocenters. The summed E-state index contributed by atoms with van der Waals surface area (Å²) in [4.78, 5) is 12.6. The number of piperidine rings is 1. The highest BCUT2D eigenvalue weighted by atomic mass is 35.5. The molecule has 1 atom stereocenters. The fourth-order valence-electron chi connectivity index (χ4n) is 2.61. The Balaban J connectivity index is 2.18. The van der Waals surface area contributed by atoms with E-state index in [1.807, 2.05) is 0 Å². The molecule has 1 aliphatic heterocycles. The number of benzene rings is 1. The van der Waals surface area contributed by atoms with Crippen molar-refractivity contribution in [3.63, 3.8) is 0 Å². The normalized spacial score (nSPS) is 22.4. The average Bonchev–Trinajstić information content (AvgIpc) is 2.50. The van der Waals surface area contributed by atoms with Gasteiger partial charge in [-0.15, -0.1) is 0 Å². The highest BCUT2D eigenvalue weighted by Crippen LogP contribution is 2.33. The van der Waals surface area contributed by atoms with E-state index in [9.17, 15) is 4.79 Å². The Hall–Kier alpha value is -1.26. The highest BCUT2D eigenvalue weighted by molar-refractivity contribution is 6.33. The number of halogens is 1. The number of carbonyl (C=O) groups is 1. The van der Waals surface area contributed by atoms with Crippen molar-refractivity contribution in [2.75, 3.05) is 25.5 Å². The first-order valence-corrected chi connectivity index (χ1v) is 7.35. The molecule has 1 fully saturated rings. The second kappa shape index (κ2) is 6.46. The van der Waals surface area contributed by atoms with Gasteiger partial charge in [-0.25, -0.2) is 0 Å². The topological polar surface area (TPSA) is 50.4 Å². The van der Waals surface area contributed by atoms with Gasteiger partial charge in [0.1, 0.15) is 5.75 Å². The summed E-state index contributed by atoms with van der Waals surface area (Å²) < 4.78 is 5.17. The fourth-order valence-corrected chi connectivity index (χ4v) is 2.77. The van der Waals surface area contributed by atoms with E-state index < -0.39 is 0 Å². The lowest BCUT2D eigenvalue weighted by molar-refractivity contribution is -0.126. The first-order chi connectivity index (χ1) is 9.61. The van der Waals surface area contributed by atoms with Crippen molar-refractivity contribution in [3.8, 4) is 5.75 Å². The van der Waals surface area contributed by atoms with Gasteiger partial charge < -0.3 is 15.4 Å². The number of rotatable bonds is 4. The van der Waals surface area contributed by atoms with Crippen LogP contribution in [0, 0.1) is 5.41 Å². The molecular weight excluding hydrogens is 276 g/mol. The van der Waals surface area contributed by atoms with Crippen LogP contribution in [-0.4, -0.2) is 26.1 Å². The molecule has 0 radical (unpaired) electrons. The summed E-state index contributed by atoms with van der Waals surface area (Å²) in [6.07, 6.45) is 2.74. The molecule has 4 nitrogen and oxygen atoms in total. The smallest absolute Gasteiger partial charge is 0.231 e. The monoisotopic (exact) mass is 296 g/mol. The molecular formula is C15H21ClN2O2. The predicted molar refractivity (Wildman–Crippen MR) is 81.5 cm³/mol. The summed E-state index contributed by atoms with van der Waals surface area (Å²) >= 11 is 6.14. The molecule has 1 aromatic rings. The molecule has 0 saturated carbocycles. The van der Waals surface area contributed by atoms with Crippen LogP contribution in [0.25, 0.3) is 0 Å². The zero-order valence-electron chi connectivity index (χ0n) is 12.0. The largest absolute Gasteiger partial charge is 0.497 e. The Morgan fingerprint density at radius 3 is 2.95 bits per heavy atom. The quantitative estimate of drug-likeness (QED) is 0.898. The van der Waals surface area contributed by atoms with Crippen LogP contribution in [-0.2, 0) is 4.79 Å². The van der Waals surface area contributed by atoms with Crippen LogP contribution in [0.2, 0.25) is 5.02 Å². The summed E-state index contributed by atoms with van der Waals surface area (Å²) in [5, 5.41) is 6.79. The number of methoxy groups -OCH3 is 1. The van der Waals surface area contributed by atoms with Gasteiger partial charge in [-0.3, -0.25) is 4.79 Å². The van der Waals surface area contributed by atoms with Crippen LogP contribution < -0.4 is 15.4 Å². The lowest BCUT2D eigenvalue weighted by Gasteiger charge is -2.35. The average molecular weight is 297 g/mol. The number of amides is 1. The number of hydrogen-bond donors (Lipinski definition) is 2. The summed E-state index contributed by atoms with van der Waals surface area (Å²) in [5.41, 5.74) is 0.263. The lowest BCUT2D eigenvalue weighted by Crippen LogP contribution is -2.47. The predicted octanol–water partition coefficient (Wildman–Crippen LogP) is 3.07. The molecule has 1 saturated heterocycles. The second-order valence-electron chi connectivity index (χ2n) is 5.21. The summed E-state index contributed by atoms with van der Waals surface area (Å²) in [5.74, 6) is 0.708. The molecule has 5 heteroatoms. The van der Waals surface area contributed by atoms with E-state index in [0.717, 1.165) is 32.4 Å². The van der Waals surface area contributed by atoms with E-state index in [2.05, 4.69) is 17.6 Å². The molecule has 2 rings (SSSR count). The molecule has 0 bridgehead atoms. The molecule has 0 spiro atoms. The first kappa shape index (κ1) is 15.1. The van der Waals surface area contributed by atoms with Crippen molar-refractivity contribution in [1.29, 1.82) is 0 Å².